The molecule has 88 valence electrons. The molecule has 0 radical (unpaired) electrons. The fourth-order valence-electron chi connectivity index (χ4n) is 3.45. The summed E-state index contributed by atoms with van der Waals surface area (Å²) in [5.74, 6) is 1.93. The van der Waals surface area contributed by atoms with Gasteiger partial charge < -0.3 is 10.2 Å². The zero-order valence-electron chi connectivity index (χ0n) is 9.86. The van der Waals surface area contributed by atoms with Crippen LogP contribution in [0.15, 0.2) is 12.2 Å². The number of fused-ring (bicyclic) bond motifs is 2. The minimum absolute atomic E-state index is 0.288. The number of carbonyl (C=O) groups excluding carboxylic acids is 1. The van der Waals surface area contributed by atoms with Crippen molar-refractivity contribution in [1.82, 2.24) is 10.2 Å². The van der Waals surface area contributed by atoms with Crippen LogP contribution >= 0.6 is 0 Å². The fourth-order valence-corrected chi connectivity index (χ4v) is 3.45. The highest BCUT2D eigenvalue weighted by atomic mass is 16.2. The lowest BCUT2D eigenvalue weighted by Crippen LogP contribution is -2.54. The number of hydrogen-bond acceptors (Lipinski definition) is 2. The van der Waals surface area contributed by atoms with Crippen molar-refractivity contribution in [3.63, 3.8) is 0 Å². The molecule has 1 saturated carbocycles. The van der Waals surface area contributed by atoms with E-state index >= 15 is 0 Å². The SMILES string of the molecule is CC1CNCCN1C(=O)C1CC2C=CC1C2. The minimum Gasteiger partial charge on any atom is -0.337 e. The second-order valence-corrected chi connectivity index (χ2v) is 5.47. The maximum atomic E-state index is 12.5. The topological polar surface area (TPSA) is 32.3 Å². The zero-order chi connectivity index (χ0) is 11.1. The molecule has 0 aromatic rings. The Labute approximate surface area is 96.9 Å². The number of hydrogen-bond donors (Lipinski definition) is 1. The van der Waals surface area contributed by atoms with Gasteiger partial charge in [-0.2, -0.15) is 0 Å². The molecule has 4 unspecified atom stereocenters. The first kappa shape index (κ1) is 10.3. The number of piperazine rings is 1. The Morgan fingerprint density at radius 1 is 1.38 bits per heavy atom. The third kappa shape index (κ3) is 1.58. The number of nitrogens with zero attached hydrogens (tertiary/aromatic N) is 1. The first-order chi connectivity index (χ1) is 7.75. The number of carbonyl (C=O) groups is 1. The Morgan fingerprint density at radius 2 is 2.25 bits per heavy atom. The summed E-state index contributed by atoms with van der Waals surface area (Å²) in [6.07, 6.45) is 6.88. The van der Waals surface area contributed by atoms with E-state index in [0.29, 0.717) is 23.8 Å². The highest BCUT2D eigenvalue weighted by Crippen LogP contribution is 2.44. The molecule has 3 nitrogen and oxygen atoms in total. The van der Waals surface area contributed by atoms with Gasteiger partial charge in [0.25, 0.3) is 0 Å². The van der Waals surface area contributed by atoms with Gasteiger partial charge in [0.05, 0.1) is 0 Å². The molecule has 2 fully saturated rings. The molecule has 0 aromatic heterocycles. The van der Waals surface area contributed by atoms with Crippen LogP contribution in [0, 0.1) is 17.8 Å². The van der Waals surface area contributed by atoms with E-state index in [1.54, 1.807) is 0 Å². The highest BCUT2D eigenvalue weighted by molar-refractivity contribution is 5.80. The van der Waals surface area contributed by atoms with E-state index in [9.17, 15) is 4.79 Å². The predicted octanol–water partition coefficient (Wildman–Crippen LogP) is 1.02. The van der Waals surface area contributed by atoms with E-state index < -0.39 is 0 Å². The van der Waals surface area contributed by atoms with Crippen LogP contribution in [0.4, 0.5) is 0 Å². The van der Waals surface area contributed by atoms with E-state index in [0.717, 1.165) is 26.1 Å². The quantitative estimate of drug-likeness (QED) is 0.669. The molecule has 3 rings (SSSR count). The van der Waals surface area contributed by atoms with Gasteiger partial charge in [0.15, 0.2) is 0 Å². The molecule has 1 heterocycles. The maximum Gasteiger partial charge on any atom is 0.226 e. The van der Waals surface area contributed by atoms with Gasteiger partial charge in [0.1, 0.15) is 0 Å². The zero-order valence-corrected chi connectivity index (χ0v) is 9.86. The fraction of sp³-hybridized carbons (Fsp3) is 0.769. The average molecular weight is 220 g/mol. The van der Waals surface area contributed by atoms with Gasteiger partial charge in [-0.1, -0.05) is 12.2 Å². The van der Waals surface area contributed by atoms with Crippen LogP contribution in [0.1, 0.15) is 19.8 Å². The van der Waals surface area contributed by atoms with Crippen LogP contribution in [0.25, 0.3) is 0 Å². The van der Waals surface area contributed by atoms with Crippen molar-refractivity contribution < 1.29 is 4.79 Å². The Bertz CT molecular complexity index is 326. The van der Waals surface area contributed by atoms with Gasteiger partial charge in [-0.05, 0) is 31.6 Å². The van der Waals surface area contributed by atoms with Crippen molar-refractivity contribution in [3.8, 4) is 0 Å². The molecular weight excluding hydrogens is 200 g/mol. The lowest BCUT2D eigenvalue weighted by atomic mass is 9.91. The number of amides is 1. The predicted molar refractivity (Wildman–Crippen MR) is 62.9 cm³/mol. The van der Waals surface area contributed by atoms with E-state index in [4.69, 9.17) is 0 Å². The summed E-state index contributed by atoms with van der Waals surface area (Å²) >= 11 is 0. The molecule has 0 spiro atoms. The van der Waals surface area contributed by atoms with Gasteiger partial charge in [-0.3, -0.25) is 4.79 Å². The third-order valence-electron chi connectivity index (χ3n) is 4.38. The molecule has 2 aliphatic carbocycles. The standard InChI is InChI=1S/C13H20N2O/c1-9-8-14-4-5-15(9)13(16)12-7-10-2-3-11(12)6-10/h2-3,9-12,14H,4-8H2,1H3. The summed E-state index contributed by atoms with van der Waals surface area (Å²) in [6.45, 7) is 4.93. The number of nitrogens with one attached hydrogen (secondary N) is 1. The summed E-state index contributed by atoms with van der Waals surface area (Å²) in [4.78, 5) is 14.6. The third-order valence-corrected chi connectivity index (χ3v) is 4.38. The first-order valence-corrected chi connectivity index (χ1v) is 6.45. The lowest BCUT2D eigenvalue weighted by Gasteiger charge is -2.36. The molecule has 1 amide bonds. The van der Waals surface area contributed by atoms with Crippen LogP contribution in [-0.2, 0) is 4.79 Å². The molecule has 1 aliphatic heterocycles. The van der Waals surface area contributed by atoms with Gasteiger partial charge >= 0.3 is 0 Å². The number of rotatable bonds is 1. The van der Waals surface area contributed by atoms with E-state index in [1.165, 1.54) is 6.42 Å². The Balaban J connectivity index is 1.70. The number of allylic oxidation sites excluding steroid dienone is 2. The van der Waals surface area contributed by atoms with Crippen molar-refractivity contribution in [2.75, 3.05) is 19.6 Å². The monoisotopic (exact) mass is 220 g/mol. The Hall–Kier alpha value is -0.830. The normalized spacial score (nSPS) is 41.7. The van der Waals surface area contributed by atoms with Crippen molar-refractivity contribution in [3.05, 3.63) is 12.2 Å². The Kier molecular flexibility index (Phi) is 2.51. The van der Waals surface area contributed by atoms with Crippen molar-refractivity contribution in [2.45, 2.75) is 25.8 Å². The van der Waals surface area contributed by atoms with Crippen LogP contribution in [0.5, 0.6) is 0 Å². The molecule has 4 atom stereocenters. The van der Waals surface area contributed by atoms with Crippen LogP contribution < -0.4 is 5.32 Å². The summed E-state index contributed by atoms with van der Waals surface area (Å²) in [5, 5.41) is 3.34. The van der Waals surface area contributed by atoms with Gasteiger partial charge in [-0.15, -0.1) is 0 Å². The molecular formula is C13H20N2O. The van der Waals surface area contributed by atoms with Crippen molar-refractivity contribution >= 4 is 5.91 Å². The molecule has 3 heteroatoms. The molecule has 2 bridgehead atoms. The summed E-state index contributed by atoms with van der Waals surface area (Å²) in [5.41, 5.74) is 0. The minimum atomic E-state index is 0.288. The second kappa shape index (κ2) is 3.88. The molecule has 16 heavy (non-hydrogen) atoms. The molecule has 0 aromatic carbocycles. The second-order valence-electron chi connectivity index (χ2n) is 5.47. The highest BCUT2D eigenvalue weighted by Gasteiger charge is 2.42. The summed E-state index contributed by atoms with van der Waals surface area (Å²) < 4.78 is 0. The molecule has 1 N–H and O–H groups in total. The van der Waals surface area contributed by atoms with Gasteiger partial charge in [-0.25, -0.2) is 0 Å². The first-order valence-electron chi connectivity index (χ1n) is 6.45. The van der Waals surface area contributed by atoms with Crippen LogP contribution in [0.2, 0.25) is 0 Å². The van der Waals surface area contributed by atoms with Gasteiger partial charge in [0.2, 0.25) is 5.91 Å². The van der Waals surface area contributed by atoms with Crippen molar-refractivity contribution in [1.29, 1.82) is 0 Å². The van der Waals surface area contributed by atoms with E-state index in [-0.39, 0.29) is 5.92 Å². The average Bonchev–Trinajstić information content (AvgIpc) is 2.90. The Morgan fingerprint density at radius 3 is 2.88 bits per heavy atom. The molecule has 1 saturated heterocycles. The van der Waals surface area contributed by atoms with Crippen molar-refractivity contribution in [2.24, 2.45) is 17.8 Å². The van der Waals surface area contributed by atoms with E-state index in [2.05, 4.69) is 29.3 Å². The smallest absolute Gasteiger partial charge is 0.226 e. The summed E-state index contributed by atoms with van der Waals surface area (Å²) in [7, 11) is 0. The van der Waals surface area contributed by atoms with E-state index in [1.807, 2.05) is 0 Å². The van der Waals surface area contributed by atoms with Crippen LogP contribution in [0.3, 0.4) is 0 Å². The van der Waals surface area contributed by atoms with Gasteiger partial charge in [0, 0.05) is 31.6 Å². The largest absolute Gasteiger partial charge is 0.337 e. The lowest BCUT2D eigenvalue weighted by molar-refractivity contribution is -0.139. The van der Waals surface area contributed by atoms with Crippen LogP contribution in [-0.4, -0.2) is 36.5 Å². The molecule has 3 aliphatic rings. The maximum absolute atomic E-state index is 12.5. The summed E-state index contributed by atoms with van der Waals surface area (Å²) in [6, 6.07) is 0.365.